The third-order valence-electron chi connectivity index (χ3n) is 3.19. The van der Waals surface area contributed by atoms with E-state index >= 15 is 0 Å². The molecule has 0 bridgehead atoms. The number of nitriles is 1. The van der Waals surface area contributed by atoms with Crippen LogP contribution in [0.15, 0.2) is 42.5 Å². The predicted molar refractivity (Wildman–Crippen MR) is 73.0 cm³/mol. The lowest BCUT2D eigenvalue weighted by atomic mass is 10.0. The van der Waals surface area contributed by atoms with Crippen LogP contribution in [-0.2, 0) is 11.2 Å². The van der Waals surface area contributed by atoms with Crippen molar-refractivity contribution in [3.05, 3.63) is 48.0 Å². The summed E-state index contributed by atoms with van der Waals surface area (Å²) >= 11 is 0. The Morgan fingerprint density at radius 3 is 2.89 bits per heavy atom. The average molecular weight is 255 g/mol. The molecular formula is C15H17N3O. The minimum absolute atomic E-state index is 0.0556. The maximum Gasteiger partial charge on any atom is 0.225 e. The molecule has 1 aromatic carbocycles. The molecular weight excluding hydrogens is 238 g/mol. The Hall–Kier alpha value is -2.12. The number of rotatable bonds is 4. The van der Waals surface area contributed by atoms with Crippen molar-refractivity contribution in [2.45, 2.75) is 24.9 Å². The van der Waals surface area contributed by atoms with E-state index in [1.165, 1.54) is 0 Å². The van der Waals surface area contributed by atoms with Gasteiger partial charge in [-0.3, -0.25) is 4.79 Å². The molecule has 0 aliphatic carbocycles. The molecule has 0 fully saturated rings. The van der Waals surface area contributed by atoms with Crippen LogP contribution >= 0.6 is 0 Å². The van der Waals surface area contributed by atoms with Crippen molar-refractivity contribution >= 4 is 5.91 Å². The largest absolute Gasteiger partial charge is 0.327 e. The minimum atomic E-state index is -0.434. The summed E-state index contributed by atoms with van der Waals surface area (Å²) in [4.78, 5) is 13.6. The molecule has 1 aliphatic rings. The van der Waals surface area contributed by atoms with Crippen LogP contribution in [0.2, 0.25) is 0 Å². The molecule has 1 aromatic rings. The molecule has 1 aliphatic heterocycles. The van der Waals surface area contributed by atoms with Crippen LogP contribution in [0, 0.1) is 11.3 Å². The number of carbonyl (C=O) groups is 1. The second kappa shape index (κ2) is 6.17. The number of carbonyl (C=O) groups excluding carboxylic acids is 1. The van der Waals surface area contributed by atoms with Gasteiger partial charge in [0.2, 0.25) is 5.91 Å². The summed E-state index contributed by atoms with van der Waals surface area (Å²) in [5, 5.41) is 8.93. The summed E-state index contributed by atoms with van der Waals surface area (Å²) in [6.07, 6.45) is 4.54. The number of nitrogens with two attached hydrogens (primary N) is 1. The van der Waals surface area contributed by atoms with Gasteiger partial charge in [-0.1, -0.05) is 36.4 Å². The quantitative estimate of drug-likeness (QED) is 0.823. The van der Waals surface area contributed by atoms with Crippen molar-refractivity contribution in [1.82, 2.24) is 4.90 Å². The Morgan fingerprint density at radius 2 is 2.21 bits per heavy atom. The molecule has 0 spiro atoms. The first kappa shape index (κ1) is 13.3. The summed E-state index contributed by atoms with van der Waals surface area (Å²) < 4.78 is 0. The van der Waals surface area contributed by atoms with E-state index in [1.54, 1.807) is 11.0 Å². The number of nitrogens with zero attached hydrogens (tertiary/aromatic N) is 2. The lowest BCUT2D eigenvalue weighted by molar-refractivity contribution is -0.131. The topological polar surface area (TPSA) is 70.1 Å². The van der Waals surface area contributed by atoms with Gasteiger partial charge in [0.15, 0.2) is 0 Å². The first-order valence-corrected chi connectivity index (χ1v) is 6.36. The molecule has 4 nitrogen and oxygen atoms in total. The van der Waals surface area contributed by atoms with Gasteiger partial charge in [-0.2, -0.15) is 5.26 Å². The summed E-state index contributed by atoms with van der Waals surface area (Å²) in [6.45, 7) is 0.509. The van der Waals surface area contributed by atoms with Crippen LogP contribution in [0.1, 0.15) is 12.0 Å². The van der Waals surface area contributed by atoms with Crippen molar-refractivity contribution in [3.63, 3.8) is 0 Å². The number of benzene rings is 1. The molecule has 0 radical (unpaired) electrons. The molecule has 2 N–H and O–H groups in total. The van der Waals surface area contributed by atoms with Crippen molar-refractivity contribution in [2.75, 3.05) is 6.54 Å². The monoisotopic (exact) mass is 255 g/mol. The van der Waals surface area contributed by atoms with Crippen molar-refractivity contribution in [2.24, 2.45) is 5.73 Å². The Labute approximate surface area is 113 Å². The third kappa shape index (κ3) is 3.43. The van der Waals surface area contributed by atoms with Gasteiger partial charge in [-0.15, -0.1) is 0 Å². The van der Waals surface area contributed by atoms with Gasteiger partial charge in [0.1, 0.15) is 6.04 Å². The zero-order valence-electron chi connectivity index (χ0n) is 10.7. The van der Waals surface area contributed by atoms with Gasteiger partial charge in [-0.25, -0.2) is 0 Å². The van der Waals surface area contributed by atoms with E-state index in [0.717, 1.165) is 5.56 Å². The highest BCUT2D eigenvalue weighted by Crippen LogP contribution is 2.12. The van der Waals surface area contributed by atoms with Crippen LogP contribution in [0.5, 0.6) is 0 Å². The van der Waals surface area contributed by atoms with Crippen molar-refractivity contribution < 1.29 is 4.79 Å². The highest BCUT2D eigenvalue weighted by Gasteiger charge is 2.25. The second-order valence-corrected chi connectivity index (χ2v) is 4.70. The van der Waals surface area contributed by atoms with E-state index in [2.05, 4.69) is 6.07 Å². The second-order valence-electron chi connectivity index (χ2n) is 4.70. The molecule has 1 amide bonds. The van der Waals surface area contributed by atoms with Crippen LogP contribution in [0.3, 0.4) is 0 Å². The molecule has 2 rings (SSSR count). The van der Waals surface area contributed by atoms with E-state index in [-0.39, 0.29) is 18.4 Å². The molecule has 19 heavy (non-hydrogen) atoms. The highest BCUT2D eigenvalue weighted by atomic mass is 16.2. The maximum absolute atomic E-state index is 12.1. The zero-order valence-corrected chi connectivity index (χ0v) is 10.7. The Kier molecular flexibility index (Phi) is 4.32. The van der Waals surface area contributed by atoms with Crippen molar-refractivity contribution in [3.8, 4) is 6.07 Å². The smallest absolute Gasteiger partial charge is 0.225 e. The molecule has 98 valence electrons. The van der Waals surface area contributed by atoms with Gasteiger partial charge in [-0.05, 0) is 18.1 Å². The zero-order chi connectivity index (χ0) is 13.7. The first-order valence-electron chi connectivity index (χ1n) is 6.36. The Bertz CT molecular complexity index is 504. The molecule has 0 saturated carbocycles. The van der Waals surface area contributed by atoms with Gasteiger partial charge in [0.25, 0.3) is 0 Å². The van der Waals surface area contributed by atoms with Gasteiger partial charge >= 0.3 is 0 Å². The SMILES string of the molecule is N#C[C@@H]1C=CCN1C(=O)C[C@@H](N)Cc1ccccc1. The van der Waals surface area contributed by atoms with Crippen LogP contribution in [-0.4, -0.2) is 29.4 Å². The summed E-state index contributed by atoms with van der Waals surface area (Å²) in [7, 11) is 0. The lowest BCUT2D eigenvalue weighted by Gasteiger charge is -2.21. The Balaban J connectivity index is 1.87. The summed E-state index contributed by atoms with van der Waals surface area (Å²) in [5.74, 6) is -0.0556. The molecule has 0 aromatic heterocycles. The number of hydrogen-bond acceptors (Lipinski definition) is 3. The van der Waals surface area contributed by atoms with E-state index in [1.807, 2.05) is 36.4 Å². The van der Waals surface area contributed by atoms with Crippen LogP contribution in [0.25, 0.3) is 0 Å². The molecule has 0 saturated heterocycles. The van der Waals surface area contributed by atoms with Crippen LogP contribution < -0.4 is 5.73 Å². The minimum Gasteiger partial charge on any atom is -0.327 e. The van der Waals surface area contributed by atoms with Crippen molar-refractivity contribution in [1.29, 1.82) is 5.26 Å². The molecule has 0 unspecified atom stereocenters. The maximum atomic E-state index is 12.1. The average Bonchev–Trinajstić information content (AvgIpc) is 2.88. The molecule has 4 heteroatoms. The van der Waals surface area contributed by atoms with Gasteiger partial charge in [0, 0.05) is 19.0 Å². The number of amides is 1. The fourth-order valence-corrected chi connectivity index (χ4v) is 2.22. The molecule has 1 heterocycles. The lowest BCUT2D eigenvalue weighted by Crippen LogP contribution is -2.39. The van der Waals surface area contributed by atoms with E-state index in [4.69, 9.17) is 11.0 Å². The normalized spacial score (nSPS) is 19.2. The summed E-state index contributed by atoms with van der Waals surface area (Å²) in [6, 6.07) is 11.3. The predicted octanol–water partition coefficient (Wildman–Crippen LogP) is 1.24. The summed E-state index contributed by atoms with van der Waals surface area (Å²) in [5.41, 5.74) is 7.13. The fraction of sp³-hybridized carbons (Fsp3) is 0.333. The highest BCUT2D eigenvalue weighted by molar-refractivity contribution is 5.78. The van der Waals surface area contributed by atoms with E-state index in [0.29, 0.717) is 13.0 Å². The number of hydrogen-bond donors (Lipinski definition) is 1. The van der Waals surface area contributed by atoms with E-state index < -0.39 is 6.04 Å². The Morgan fingerprint density at radius 1 is 1.47 bits per heavy atom. The third-order valence-corrected chi connectivity index (χ3v) is 3.19. The first-order chi connectivity index (χ1) is 9.20. The van der Waals surface area contributed by atoms with Gasteiger partial charge in [0.05, 0.1) is 6.07 Å². The van der Waals surface area contributed by atoms with E-state index in [9.17, 15) is 4.79 Å². The molecule has 2 atom stereocenters. The van der Waals surface area contributed by atoms with Crippen LogP contribution in [0.4, 0.5) is 0 Å². The standard InChI is InChI=1S/C15H17N3O/c16-11-14-7-4-8-18(14)15(19)10-13(17)9-12-5-2-1-3-6-12/h1-7,13-14H,8-10,17H2/t13-,14-/m0/s1. The van der Waals surface area contributed by atoms with Gasteiger partial charge < -0.3 is 10.6 Å². The fourth-order valence-electron chi connectivity index (χ4n) is 2.22.